The summed E-state index contributed by atoms with van der Waals surface area (Å²) in [4.78, 5) is 24.9. The van der Waals surface area contributed by atoms with Gasteiger partial charge in [-0.1, -0.05) is 0 Å². The Labute approximate surface area is 159 Å². The number of H-pyrrole nitrogens is 1. The van der Waals surface area contributed by atoms with Crippen LogP contribution < -0.4 is 15.0 Å². The number of benzene rings is 2. The number of nitrogens with zero attached hydrogens (tertiary/aromatic N) is 1. The van der Waals surface area contributed by atoms with Crippen molar-refractivity contribution in [3.8, 4) is 23.0 Å². The smallest absolute Gasteiger partial charge is 0.311 e. The fourth-order valence-electron chi connectivity index (χ4n) is 2.29. The number of pyridine rings is 1. The maximum absolute atomic E-state index is 11.8. The predicted octanol–water partition coefficient (Wildman–Crippen LogP) is 3.27. The average molecular weight is 402 g/mol. The summed E-state index contributed by atoms with van der Waals surface area (Å²) in [5.74, 6) is 0.247. The number of hydrogen-bond acceptors (Lipinski definition) is 7. The summed E-state index contributed by atoms with van der Waals surface area (Å²) in [5, 5.41) is 11.2. The first-order valence-electron chi connectivity index (χ1n) is 7.86. The van der Waals surface area contributed by atoms with Gasteiger partial charge in [-0.3, -0.25) is 14.9 Å². The molecule has 0 aliphatic carbocycles. The van der Waals surface area contributed by atoms with E-state index in [4.69, 9.17) is 9.47 Å². The molecule has 0 saturated heterocycles. The van der Waals surface area contributed by atoms with Crippen LogP contribution in [0.15, 0.2) is 70.5 Å². The fourth-order valence-corrected chi connectivity index (χ4v) is 2.92. The Balaban J connectivity index is 1.91. The number of hydrogen-bond donors (Lipinski definition) is 1. The van der Waals surface area contributed by atoms with Gasteiger partial charge >= 0.3 is 5.69 Å². The van der Waals surface area contributed by atoms with Crippen molar-refractivity contribution in [1.29, 1.82) is 0 Å². The monoisotopic (exact) mass is 402 g/mol. The number of aromatic amines is 1. The van der Waals surface area contributed by atoms with E-state index in [9.17, 15) is 23.3 Å². The van der Waals surface area contributed by atoms with Gasteiger partial charge in [0, 0.05) is 24.6 Å². The van der Waals surface area contributed by atoms with Crippen molar-refractivity contribution in [2.24, 2.45) is 0 Å². The summed E-state index contributed by atoms with van der Waals surface area (Å²) in [6, 6.07) is 12.4. The van der Waals surface area contributed by atoms with Crippen molar-refractivity contribution in [3.63, 3.8) is 0 Å². The molecule has 0 fully saturated rings. The Hall–Kier alpha value is -3.66. The molecular formula is C18H14N2O7S. The van der Waals surface area contributed by atoms with Crippen molar-refractivity contribution in [2.45, 2.75) is 4.90 Å². The first-order chi connectivity index (χ1) is 13.2. The number of sulfone groups is 1. The highest BCUT2D eigenvalue weighted by molar-refractivity contribution is 7.90. The zero-order valence-electron chi connectivity index (χ0n) is 14.5. The molecular weight excluding hydrogens is 388 g/mol. The number of aromatic nitrogens is 1. The van der Waals surface area contributed by atoms with Gasteiger partial charge in [0.05, 0.1) is 9.82 Å². The molecule has 0 spiro atoms. The Morgan fingerprint density at radius 2 is 1.64 bits per heavy atom. The highest BCUT2D eigenvalue weighted by atomic mass is 32.2. The van der Waals surface area contributed by atoms with Crippen molar-refractivity contribution in [1.82, 2.24) is 4.98 Å². The summed E-state index contributed by atoms with van der Waals surface area (Å²) in [6.07, 6.45) is 2.50. The molecule has 28 heavy (non-hydrogen) atoms. The first-order valence-corrected chi connectivity index (χ1v) is 9.75. The minimum absolute atomic E-state index is 0.111. The lowest BCUT2D eigenvalue weighted by Crippen LogP contribution is -2.07. The van der Waals surface area contributed by atoms with E-state index in [-0.39, 0.29) is 27.8 Å². The van der Waals surface area contributed by atoms with Gasteiger partial charge in [-0.15, -0.1) is 0 Å². The molecule has 0 aliphatic rings. The van der Waals surface area contributed by atoms with Crippen LogP contribution in [0.1, 0.15) is 0 Å². The lowest BCUT2D eigenvalue weighted by molar-refractivity contribution is -0.385. The van der Waals surface area contributed by atoms with Gasteiger partial charge in [0.1, 0.15) is 11.5 Å². The highest BCUT2D eigenvalue weighted by Gasteiger charge is 2.18. The third-order valence-electron chi connectivity index (χ3n) is 3.62. The number of nitro groups is 1. The molecule has 0 unspecified atom stereocenters. The molecule has 3 aromatic rings. The third-order valence-corrected chi connectivity index (χ3v) is 4.75. The second-order valence-corrected chi connectivity index (χ2v) is 7.71. The van der Waals surface area contributed by atoms with Gasteiger partial charge in [0.15, 0.2) is 15.6 Å². The summed E-state index contributed by atoms with van der Waals surface area (Å²) < 4.78 is 34.0. The minimum Gasteiger partial charge on any atom is -0.457 e. The molecule has 0 atom stereocenters. The lowest BCUT2D eigenvalue weighted by atomic mass is 10.2. The topological polar surface area (TPSA) is 129 Å². The van der Waals surface area contributed by atoms with Crippen LogP contribution in [0.3, 0.4) is 0 Å². The number of nitro benzene ring substituents is 1. The first kappa shape index (κ1) is 19.1. The van der Waals surface area contributed by atoms with Crippen molar-refractivity contribution >= 4 is 15.5 Å². The second-order valence-electron chi connectivity index (χ2n) is 5.70. The minimum atomic E-state index is -3.34. The predicted molar refractivity (Wildman–Crippen MR) is 99.9 cm³/mol. The third kappa shape index (κ3) is 4.35. The van der Waals surface area contributed by atoms with E-state index in [1.807, 2.05) is 0 Å². The van der Waals surface area contributed by atoms with E-state index < -0.39 is 20.3 Å². The second kappa shape index (κ2) is 7.53. The van der Waals surface area contributed by atoms with E-state index >= 15 is 0 Å². The van der Waals surface area contributed by atoms with E-state index in [0.29, 0.717) is 5.75 Å². The summed E-state index contributed by atoms with van der Waals surface area (Å²) in [5.41, 5.74) is -0.887. The quantitative estimate of drug-likeness (QED) is 0.495. The van der Waals surface area contributed by atoms with Gasteiger partial charge in [-0.25, -0.2) is 8.42 Å². The Morgan fingerprint density at radius 3 is 2.25 bits per heavy atom. The maximum Gasteiger partial charge on any atom is 0.311 e. The van der Waals surface area contributed by atoms with Crippen LogP contribution in [-0.4, -0.2) is 24.6 Å². The van der Waals surface area contributed by atoms with Crippen LogP contribution in [0.2, 0.25) is 0 Å². The van der Waals surface area contributed by atoms with E-state index in [0.717, 1.165) is 6.26 Å². The normalized spacial score (nSPS) is 11.0. The molecule has 2 aromatic carbocycles. The molecule has 9 nitrogen and oxygen atoms in total. The molecule has 0 bridgehead atoms. The van der Waals surface area contributed by atoms with Gasteiger partial charge < -0.3 is 14.5 Å². The van der Waals surface area contributed by atoms with Crippen molar-refractivity contribution in [3.05, 3.63) is 81.3 Å². The number of nitrogens with one attached hydrogen (secondary N) is 1. The lowest BCUT2D eigenvalue weighted by Gasteiger charge is -2.09. The molecule has 3 rings (SSSR count). The Kier molecular flexibility index (Phi) is 5.14. The molecule has 0 radical (unpaired) electrons. The van der Waals surface area contributed by atoms with Crippen LogP contribution >= 0.6 is 0 Å². The van der Waals surface area contributed by atoms with Crippen LogP contribution in [0.25, 0.3) is 0 Å². The summed E-state index contributed by atoms with van der Waals surface area (Å²) in [7, 11) is -3.34. The van der Waals surface area contributed by atoms with Gasteiger partial charge in [0.2, 0.25) is 5.75 Å². The van der Waals surface area contributed by atoms with Crippen LogP contribution in [0.5, 0.6) is 23.0 Å². The van der Waals surface area contributed by atoms with E-state index in [1.165, 1.54) is 60.8 Å². The fraction of sp³-hybridized carbons (Fsp3) is 0.0556. The summed E-state index contributed by atoms with van der Waals surface area (Å²) in [6.45, 7) is 0. The molecule has 0 aliphatic heterocycles. The molecule has 144 valence electrons. The number of ether oxygens (including phenoxy) is 2. The van der Waals surface area contributed by atoms with Gasteiger partial charge in [-0.05, 0) is 42.5 Å². The Bertz CT molecular complexity index is 1190. The number of rotatable bonds is 6. The van der Waals surface area contributed by atoms with Crippen LogP contribution in [-0.2, 0) is 9.84 Å². The van der Waals surface area contributed by atoms with Crippen LogP contribution in [0, 0.1) is 10.1 Å². The highest BCUT2D eigenvalue weighted by Crippen LogP contribution is 2.35. The van der Waals surface area contributed by atoms with Crippen LogP contribution in [0.4, 0.5) is 5.69 Å². The average Bonchev–Trinajstić information content (AvgIpc) is 2.63. The largest absolute Gasteiger partial charge is 0.457 e. The molecule has 1 aromatic heterocycles. The van der Waals surface area contributed by atoms with E-state index in [2.05, 4.69) is 4.98 Å². The zero-order chi connectivity index (χ0) is 20.3. The summed E-state index contributed by atoms with van der Waals surface area (Å²) >= 11 is 0. The van der Waals surface area contributed by atoms with Gasteiger partial charge in [0.25, 0.3) is 5.56 Å². The standard InChI is InChI=1S/C18H14N2O7S/c1-28(24,25)14-7-4-12(5-8-14)26-13-6-9-15(20(22)23)17(11-13)27-16-3-2-10-19-18(16)21/h2-11H,1H3,(H,19,21). The van der Waals surface area contributed by atoms with Crippen molar-refractivity contribution in [2.75, 3.05) is 6.26 Å². The SMILES string of the molecule is CS(=O)(=O)c1ccc(Oc2ccc([N+](=O)[O-])c(Oc3ccc[nH]c3=O)c2)cc1. The van der Waals surface area contributed by atoms with E-state index in [1.54, 1.807) is 0 Å². The van der Waals surface area contributed by atoms with Crippen molar-refractivity contribution < 1.29 is 22.8 Å². The molecule has 1 heterocycles. The zero-order valence-corrected chi connectivity index (χ0v) is 15.3. The molecule has 0 amide bonds. The maximum atomic E-state index is 11.8. The molecule has 0 saturated carbocycles. The molecule has 1 N–H and O–H groups in total. The Morgan fingerprint density at radius 1 is 0.964 bits per heavy atom. The molecule has 10 heteroatoms. The van der Waals surface area contributed by atoms with Gasteiger partial charge in [-0.2, -0.15) is 0 Å².